The molecule has 2 fully saturated rings. The average molecular weight is 522 g/mol. The van der Waals surface area contributed by atoms with Crippen molar-refractivity contribution in [3.05, 3.63) is 82.4 Å². The van der Waals surface area contributed by atoms with E-state index in [1.165, 1.54) is 10.5 Å². The Balaban J connectivity index is 1.29. The van der Waals surface area contributed by atoms with Crippen LogP contribution in [0.15, 0.2) is 70.5 Å². The highest BCUT2D eigenvalue weighted by Gasteiger charge is 2.31. The van der Waals surface area contributed by atoms with Crippen LogP contribution in [0.25, 0.3) is 21.7 Å². The third-order valence-electron chi connectivity index (χ3n) is 7.21. The average Bonchev–Trinajstić information content (AvgIpc) is 3.74. The van der Waals surface area contributed by atoms with Gasteiger partial charge >= 0.3 is 5.97 Å². The number of carbonyl (C=O) groups is 1. The second-order valence-corrected chi connectivity index (χ2v) is 11.5. The predicted octanol–water partition coefficient (Wildman–Crippen LogP) is 3.84. The fourth-order valence-electron chi connectivity index (χ4n) is 5.05. The normalized spacial score (nSPS) is 16.9. The molecule has 1 saturated heterocycles. The van der Waals surface area contributed by atoms with Gasteiger partial charge in [0.2, 0.25) is 15.5 Å². The first-order valence-corrected chi connectivity index (χ1v) is 13.5. The van der Waals surface area contributed by atoms with Crippen LogP contribution in [0.2, 0.25) is 0 Å². The second kappa shape index (κ2) is 8.67. The summed E-state index contributed by atoms with van der Waals surface area (Å²) in [5, 5.41) is 11.3. The van der Waals surface area contributed by atoms with Gasteiger partial charge in [0.15, 0.2) is 0 Å². The monoisotopic (exact) mass is 521 g/mol. The number of pyridine rings is 1. The van der Waals surface area contributed by atoms with Gasteiger partial charge in [0, 0.05) is 43.8 Å². The number of fused-ring (bicyclic) bond motifs is 2. The SMILES string of the molecule is O=C(O)c1cn(C2CC2)c2cc(N3CCN(S(=O)(=O)c4ccc5ccccc5c4)CC3)c(F)cc2c1=O. The molecule has 2 heterocycles. The molecular weight excluding hydrogens is 497 g/mol. The fraction of sp³-hybridized carbons (Fsp3) is 0.259. The summed E-state index contributed by atoms with van der Waals surface area (Å²) >= 11 is 0. The smallest absolute Gasteiger partial charge is 0.341 e. The maximum absolute atomic E-state index is 15.2. The van der Waals surface area contributed by atoms with Crippen LogP contribution in [0.1, 0.15) is 29.2 Å². The van der Waals surface area contributed by atoms with E-state index in [2.05, 4.69) is 0 Å². The number of rotatable bonds is 5. The van der Waals surface area contributed by atoms with Gasteiger partial charge in [-0.15, -0.1) is 0 Å². The van der Waals surface area contributed by atoms with E-state index in [0.29, 0.717) is 5.52 Å². The highest BCUT2D eigenvalue weighted by Crippen LogP contribution is 2.38. The van der Waals surface area contributed by atoms with Crippen LogP contribution in [-0.4, -0.2) is 54.5 Å². The minimum Gasteiger partial charge on any atom is -0.477 e. The molecular formula is C27H24FN3O5S. The Hall–Kier alpha value is -3.76. The number of nitrogens with zero attached hydrogens (tertiary/aromatic N) is 3. The summed E-state index contributed by atoms with van der Waals surface area (Å²) in [5.41, 5.74) is -0.331. The first kappa shape index (κ1) is 23.6. The Morgan fingerprint density at radius 3 is 2.32 bits per heavy atom. The molecule has 1 saturated carbocycles. The van der Waals surface area contributed by atoms with Crippen LogP contribution in [0, 0.1) is 5.82 Å². The Bertz CT molecular complexity index is 1740. The molecule has 0 amide bonds. The molecule has 2 aliphatic rings. The zero-order chi connectivity index (χ0) is 25.9. The zero-order valence-corrected chi connectivity index (χ0v) is 20.6. The number of hydrogen-bond donors (Lipinski definition) is 1. The number of halogens is 1. The molecule has 190 valence electrons. The number of carboxylic acid groups (broad SMARTS) is 1. The molecule has 1 N–H and O–H groups in total. The first-order chi connectivity index (χ1) is 17.7. The summed E-state index contributed by atoms with van der Waals surface area (Å²) < 4.78 is 45.0. The number of piperazine rings is 1. The second-order valence-electron chi connectivity index (χ2n) is 9.54. The van der Waals surface area contributed by atoms with Crippen LogP contribution in [0.5, 0.6) is 0 Å². The Kier molecular flexibility index (Phi) is 5.54. The van der Waals surface area contributed by atoms with Crippen molar-refractivity contribution in [3.63, 3.8) is 0 Å². The van der Waals surface area contributed by atoms with Crippen molar-refractivity contribution >= 4 is 43.4 Å². The van der Waals surface area contributed by atoms with Crippen LogP contribution in [0.3, 0.4) is 0 Å². The van der Waals surface area contributed by atoms with Gasteiger partial charge in [0.1, 0.15) is 11.4 Å². The summed E-state index contributed by atoms with van der Waals surface area (Å²) in [6.07, 6.45) is 3.06. The van der Waals surface area contributed by atoms with Gasteiger partial charge < -0.3 is 14.6 Å². The van der Waals surface area contributed by atoms with Crippen LogP contribution in [-0.2, 0) is 10.0 Å². The minimum atomic E-state index is -3.72. The van der Waals surface area contributed by atoms with Gasteiger partial charge in [-0.3, -0.25) is 4.79 Å². The Morgan fingerprint density at radius 1 is 0.946 bits per heavy atom. The van der Waals surface area contributed by atoms with Crippen molar-refractivity contribution in [2.75, 3.05) is 31.1 Å². The molecule has 3 aromatic carbocycles. The summed E-state index contributed by atoms with van der Waals surface area (Å²) in [6, 6.07) is 15.4. The van der Waals surface area contributed by atoms with Crippen molar-refractivity contribution in [1.29, 1.82) is 0 Å². The molecule has 1 aliphatic carbocycles. The largest absolute Gasteiger partial charge is 0.477 e. The fourth-order valence-corrected chi connectivity index (χ4v) is 6.51. The molecule has 4 aromatic rings. The van der Waals surface area contributed by atoms with E-state index in [1.54, 1.807) is 33.7 Å². The van der Waals surface area contributed by atoms with E-state index in [-0.39, 0.29) is 53.8 Å². The number of sulfonamides is 1. The van der Waals surface area contributed by atoms with Crippen molar-refractivity contribution in [1.82, 2.24) is 8.87 Å². The summed E-state index contributed by atoms with van der Waals surface area (Å²) in [5.74, 6) is -1.98. The van der Waals surface area contributed by atoms with E-state index in [9.17, 15) is 23.1 Å². The van der Waals surface area contributed by atoms with Gasteiger partial charge in [-0.05, 0) is 47.9 Å². The Morgan fingerprint density at radius 2 is 1.65 bits per heavy atom. The number of benzene rings is 3. The van der Waals surface area contributed by atoms with Crippen molar-refractivity contribution in [3.8, 4) is 0 Å². The first-order valence-electron chi connectivity index (χ1n) is 12.1. The van der Waals surface area contributed by atoms with E-state index in [4.69, 9.17) is 0 Å². The summed E-state index contributed by atoms with van der Waals surface area (Å²) in [4.78, 5) is 26.3. The molecule has 1 aromatic heterocycles. The lowest BCUT2D eigenvalue weighted by atomic mass is 10.1. The van der Waals surface area contributed by atoms with E-state index in [1.807, 2.05) is 24.3 Å². The maximum Gasteiger partial charge on any atom is 0.341 e. The molecule has 8 nitrogen and oxygen atoms in total. The minimum absolute atomic E-state index is 0.0329. The topological polar surface area (TPSA) is 99.9 Å². The van der Waals surface area contributed by atoms with Crippen molar-refractivity contribution < 1.29 is 22.7 Å². The highest BCUT2D eigenvalue weighted by atomic mass is 32.2. The molecule has 37 heavy (non-hydrogen) atoms. The molecule has 0 atom stereocenters. The predicted molar refractivity (Wildman–Crippen MR) is 138 cm³/mol. The number of hydrogen-bond acceptors (Lipinski definition) is 5. The lowest BCUT2D eigenvalue weighted by Gasteiger charge is -2.35. The molecule has 0 bridgehead atoms. The molecule has 6 rings (SSSR count). The van der Waals surface area contributed by atoms with Gasteiger partial charge in [-0.1, -0.05) is 30.3 Å². The van der Waals surface area contributed by atoms with Crippen molar-refractivity contribution in [2.24, 2.45) is 0 Å². The zero-order valence-electron chi connectivity index (χ0n) is 19.8. The Labute approximate surface area is 212 Å². The van der Waals surface area contributed by atoms with Gasteiger partial charge in [-0.2, -0.15) is 4.31 Å². The number of aromatic nitrogens is 1. The molecule has 0 spiro atoms. The lowest BCUT2D eigenvalue weighted by Crippen LogP contribution is -2.48. The third kappa shape index (κ3) is 4.06. The van der Waals surface area contributed by atoms with Gasteiger partial charge in [0.05, 0.1) is 16.1 Å². The van der Waals surface area contributed by atoms with Crippen molar-refractivity contribution in [2.45, 2.75) is 23.8 Å². The van der Waals surface area contributed by atoms with Crippen LogP contribution < -0.4 is 10.3 Å². The molecule has 0 radical (unpaired) electrons. The number of carboxylic acids is 1. The third-order valence-corrected chi connectivity index (χ3v) is 9.10. The quantitative estimate of drug-likeness (QED) is 0.429. The van der Waals surface area contributed by atoms with Crippen LogP contribution >= 0.6 is 0 Å². The summed E-state index contributed by atoms with van der Waals surface area (Å²) in [6.45, 7) is 0.909. The van der Waals surface area contributed by atoms with E-state index >= 15 is 4.39 Å². The van der Waals surface area contributed by atoms with Gasteiger partial charge in [0.25, 0.3) is 0 Å². The molecule has 1 aliphatic heterocycles. The van der Waals surface area contributed by atoms with E-state index in [0.717, 1.165) is 29.7 Å². The molecule has 10 heteroatoms. The number of aromatic carboxylic acids is 1. The maximum atomic E-state index is 15.2. The number of anilines is 1. The molecule has 0 unspecified atom stereocenters. The summed E-state index contributed by atoms with van der Waals surface area (Å²) in [7, 11) is -3.72. The lowest BCUT2D eigenvalue weighted by molar-refractivity contribution is 0.0694. The van der Waals surface area contributed by atoms with E-state index < -0.39 is 27.2 Å². The van der Waals surface area contributed by atoms with Gasteiger partial charge in [-0.25, -0.2) is 17.6 Å². The highest BCUT2D eigenvalue weighted by molar-refractivity contribution is 7.89. The van der Waals surface area contributed by atoms with Crippen LogP contribution in [0.4, 0.5) is 10.1 Å². The standard InChI is InChI=1S/C27H24FN3O5S/c28-23-14-21-24(31(19-6-7-19)16-22(26(21)32)27(33)34)15-25(23)29-9-11-30(12-10-29)37(35,36)20-8-5-17-3-1-2-4-18(17)13-20/h1-5,8,13-16,19H,6-7,9-12H2,(H,33,34).